The van der Waals surface area contributed by atoms with Gasteiger partial charge in [0.05, 0.1) is 25.4 Å². The summed E-state index contributed by atoms with van der Waals surface area (Å²) in [6.07, 6.45) is 2.73. The standard InChI is InChI=1S/C8H16O2.C6H14O3/c1-7(2)5-3-4-6-8(9)10;1-5(8)4-9-6(2)3-7/h7H,3-6H2,1-2H3,(H,9,10);5-8H,3-4H2,1-2H3. The topological polar surface area (TPSA) is 87.0 Å². The van der Waals surface area contributed by atoms with Crippen LogP contribution >= 0.6 is 0 Å². The third kappa shape index (κ3) is 22.9. The van der Waals surface area contributed by atoms with E-state index >= 15 is 0 Å². The van der Waals surface area contributed by atoms with E-state index in [2.05, 4.69) is 13.8 Å². The zero-order valence-electron chi connectivity index (χ0n) is 12.6. The molecule has 5 nitrogen and oxygen atoms in total. The van der Waals surface area contributed by atoms with Gasteiger partial charge in [0.15, 0.2) is 0 Å². The van der Waals surface area contributed by atoms with Crippen molar-refractivity contribution >= 4 is 5.97 Å². The lowest BCUT2D eigenvalue weighted by molar-refractivity contribution is -0.137. The minimum atomic E-state index is -0.677. The Labute approximate surface area is 116 Å². The van der Waals surface area contributed by atoms with Crippen molar-refractivity contribution in [3.8, 4) is 0 Å². The SMILES string of the molecule is CC(C)CCCCC(=O)O.CC(O)COC(C)CO. The summed E-state index contributed by atoms with van der Waals surface area (Å²) in [5.74, 6) is 0.0255. The minimum absolute atomic E-state index is 0.00667. The predicted octanol–water partition coefficient (Wildman–Crippen LogP) is 2.05. The lowest BCUT2D eigenvalue weighted by Crippen LogP contribution is -2.19. The van der Waals surface area contributed by atoms with Crippen molar-refractivity contribution in [2.24, 2.45) is 5.92 Å². The molecule has 0 saturated carbocycles. The molecule has 0 aromatic rings. The molecule has 0 spiro atoms. The second-order valence-corrected chi connectivity index (χ2v) is 5.21. The minimum Gasteiger partial charge on any atom is -0.481 e. The molecule has 0 fully saturated rings. The Kier molecular flexibility index (Phi) is 15.0. The highest BCUT2D eigenvalue weighted by Crippen LogP contribution is 2.07. The average molecular weight is 278 g/mol. The summed E-state index contributed by atoms with van der Waals surface area (Å²) in [6.45, 7) is 8.00. The van der Waals surface area contributed by atoms with Crippen LogP contribution in [0.25, 0.3) is 0 Å². The zero-order chi connectivity index (χ0) is 15.3. The molecule has 5 heteroatoms. The lowest BCUT2D eigenvalue weighted by atomic mass is 10.1. The van der Waals surface area contributed by atoms with Crippen LogP contribution in [0.4, 0.5) is 0 Å². The van der Waals surface area contributed by atoms with Crippen molar-refractivity contribution in [3.63, 3.8) is 0 Å². The van der Waals surface area contributed by atoms with E-state index < -0.39 is 12.1 Å². The normalized spacial score (nSPS) is 13.6. The fraction of sp³-hybridized carbons (Fsp3) is 0.929. The fourth-order valence-corrected chi connectivity index (χ4v) is 1.19. The Bertz CT molecular complexity index is 204. The van der Waals surface area contributed by atoms with E-state index in [0.717, 1.165) is 19.3 Å². The van der Waals surface area contributed by atoms with Gasteiger partial charge >= 0.3 is 5.97 Å². The van der Waals surface area contributed by atoms with Crippen molar-refractivity contribution in [2.45, 2.75) is 65.6 Å². The molecule has 0 radical (unpaired) electrons. The van der Waals surface area contributed by atoms with Crippen molar-refractivity contribution < 1.29 is 24.9 Å². The van der Waals surface area contributed by atoms with Crippen molar-refractivity contribution in [2.75, 3.05) is 13.2 Å². The Morgan fingerprint density at radius 1 is 1.16 bits per heavy atom. The first kappa shape index (κ1) is 20.7. The van der Waals surface area contributed by atoms with Gasteiger partial charge < -0.3 is 20.1 Å². The molecule has 19 heavy (non-hydrogen) atoms. The van der Waals surface area contributed by atoms with Gasteiger partial charge in [0, 0.05) is 6.42 Å². The van der Waals surface area contributed by atoms with Gasteiger partial charge in [0.2, 0.25) is 0 Å². The van der Waals surface area contributed by atoms with Crippen LogP contribution in [0.2, 0.25) is 0 Å². The molecule has 0 bridgehead atoms. The molecule has 0 aromatic heterocycles. The van der Waals surface area contributed by atoms with Crippen molar-refractivity contribution in [1.82, 2.24) is 0 Å². The van der Waals surface area contributed by atoms with E-state index in [1.165, 1.54) is 0 Å². The molecule has 0 rings (SSSR count). The van der Waals surface area contributed by atoms with Gasteiger partial charge in [-0.25, -0.2) is 0 Å². The van der Waals surface area contributed by atoms with Crippen LogP contribution in [0.15, 0.2) is 0 Å². The zero-order valence-corrected chi connectivity index (χ0v) is 12.6. The maximum Gasteiger partial charge on any atom is 0.303 e. The maximum atomic E-state index is 10.0. The van der Waals surface area contributed by atoms with Crippen LogP contribution in [0.3, 0.4) is 0 Å². The average Bonchev–Trinajstić information content (AvgIpc) is 2.32. The number of hydrogen-bond acceptors (Lipinski definition) is 4. The summed E-state index contributed by atoms with van der Waals surface area (Å²) in [5, 5.41) is 25.4. The highest BCUT2D eigenvalue weighted by Gasteiger charge is 2.00. The molecular formula is C14H30O5. The third-order valence-electron chi connectivity index (χ3n) is 2.30. The number of ether oxygens (including phenoxy) is 1. The number of hydrogen-bond donors (Lipinski definition) is 3. The molecule has 0 aliphatic carbocycles. The molecule has 0 amide bonds. The van der Waals surface area contributed by atoms with Crippen LogP contribution in [-0.2, 0) is 9.53 Å². The summed E-state index contributed by atoms with van der Waals surface area (Å²) in [5.41, 5.74) is 0. The van der Waals surface area contributed by atoms with Gasteiger partial charge in [0.1, 0.15) is 0 Å². The first-order valence-corrected chi connectivity index (χ1v) is 6.91. The molecule has 3 N–H and O–H groups in total. The number of aliphatic hydroxyl groups excluding tert-OH is 2. The van der Waals surface area contributed by atoms with E-state index in [1.807, 2.05) is 0 Å². The van der Waals surface area contributed by atoms with Crippen molar-refractivity contribution in [3.05, 3.63) is 0 Å². The van der Waals surface area contributed by atoms with Gasteiger partial charge in [-0.1, -0.05) is 26.7 Å². The van der Waals surface area contributed by atoms with E-state index in [0.29, 0.717) is 18.9 Å². The molecule has 0 heterocycles. The molecular weight excluding hydrogens is 248 g/mol. The maximum absolute atomic E-state index is 10.0. The third-order valence-corrected chi connectivity index (χ3v) is 2.30. The molecule has 0 aromatic carbocycles. The van der Waals surface area contributed by atoms with Crippen LogP contribution in [0.1, 0.15) is 53.4 Å². The van der Waals surface area contributed by atoms with Gasteiger partial charge in [-0.05, 0) is 26.2 Å². The first-order valence-electron chi connectivity index (χ1n) is 6.91. The Morgan fingerprint density at radius 2 is 1.74 bits per heavy atom. The number of carbonyl (C=O) groups is 1. The first-order chi connectivity index (χ1) is 8.79. The van der Waals surface area contributed by atoms with Crippen molar-refractivity contribution in [1.29, 1.82) is 0 Å². The molecule has 2 unspecified atom stereocenters. The number of carboxylic acid groups (broad SMARTS) is 1. The second-order valence-electron chi connectivity index (χ2n) is 5.21. The lowest BCUT2D eigenvalue weighted by Gasteiger charge is -2.10. The molecule has 116 valence electrons. The summed E-state index contributed by atoms with van der Waals surface area (Å²) < 4.78 is 4.95. The number of unbranched alkanes of at least 4 members (excludes halogenated alkanes) is 1. The van der Waals surface area contributed by atoms with Crippen LogP contribution < -0.4 is 0 Å². The van der Waals surface area contributed by atoms with E-state index in [1.54, 1.807) is 13.8 Å². The van der Waals surface area contributed by atoms with E-state index in [9.17, 15) is 4.79 Å². The fourth-order valence-electron chi connectivity index (χ4n) is 1.19. The van der Waals surface area contributed by atoms with Crippen LogP contribution in [0, 0.1) is 5.92 Å². The highest BCUT2D eigenvalue weighted by molar-refractivity contribution is 5.66. The summed E-state index contributed by atoms with van der Waals surface area (Å²) in [4.78, 5) is 10.0. The van der Waals surface area contributed by atoms with Gasteiger partial charge in [-0.3, -0.25) is 4.79 Å². The monoisotopic (exact) mass is 278 g/mol. The number of rotatable bonds is 9. The molecule has 0 saturated heterocycles. The van der Waals surface area contributed by atoms with Gasteiger partial charge in [-0.2, -0.15) is 0 Å². The van der Waals surface area contributed by atoms with Gasteiger partial charge in [-0.15, -0.1) is 0 Å². The number of carboxylic acids is 1. The molecule has 0 aliphatic heterocycles. The summed E-state index contributed by atoms with van der Waals surface area (Å²) in [7, 11) is 0. The Morgan fingerprint density at radius 3 is 2.11 bits per heavy atom. The second kappa shape index (κ2) is 13.8. The number of aliphatic carboxylic acids is 1. The van der Waals surface area contributed by atoms with E-state index in [4.69, 9.17) is 20.1 Å². The smallest absolute Gasteiger partial charge is 0.303 e. The molecule has 0 aliphatic rings. The quantitative estimate of drug-likeness (QED) is 0.562. The van der Waals surface area contributed by atoms with Crippen LogP contribution in [0.5, 0.6) is 0 Å². The summed E-state index contributed by atoms with van der Waals surface area (Å²) in [6, 6.07) is 0. The Hall–Kier alpha value is -0.650. The largest absolute Gasteiger partial charge is 0.481 e. The predicted molar refractivity (Wildman–Crippen MR) is 75.1 cm³/mol. The Balaban J connectivity index is 0. The van der Waals surface area contributed by atoms with E-state index in [-0.39, 0.29) is 12.7 Å². The molecule has 2 atom stereocenters. The van der Waals surface area contributed by atoms with Gasteiger partial charge in [0.25, 0.3) is 0 Å². The summed E-state index contributed by atoms with van der Waals surface area (Å²) >= 11 is 0. The van der Waals surface area contributed by atoms with Crippen LogP contribution in [-0.4, -0.2) is 46.7 Å². The highest BCUT2D eigenvalue weighted by atomic mass is 16.5. The number of aliphatic hydroxyl groups is 2.